The summed E-state index contributed by atoms with van der Waals surface area (Å²) in [7, 11) is 0. The minimum absolute atomic E-state index is 0.0715. The van der Waals surface area contributed by atoms with Crippen LogP contribution in [0, 0.1) is 0 Å². The summed E-state index contributed by atoms with van der Waals surface area (Å²) >= 11 is 0. The number of nitrogen functional groups attached to an aromatic ring is 1. The number of carbonyl (C=O) groups is 1. The van der Waals surface area contributed by atoms with E-state index in [-0.39, 0.29) is 12.1 Å². The Morgan fingerprint density at radius 2 is 2.17 bits per heavy atom. The summed E-state index contributed by atoms with van der Waals surface area (Å²) < 4.78 is 7.43. The van der Waals surface area contributed by atoms with Crippen LogP contribution in [0.15, 0.2) is 36.7 Å². The van der Waals surface area contributed by atoms with Crippen LogP contribution >= 0.6 is 0 Å². The molecule has 1 amide bonds. The van der Waals surface area contributed by atoms with Crippen LogP contribution in [0.25, 0.3) is 0 Å². The number of anilines is 2. The number of fused-ring (bicyclic) bond motifs is 1. The second-order valence-corrected chi connectivity index (χ2v) is 6.74. The van der Waals surface area contributed by atoms with Gasteiger partial charge in [-0.2, -0.15) is 5.10 Å². The van der Waals surface area contributed by atoms with Crippen molar-refractivity contribution in [2.75, 3.05) is 17.2 Å². The monoisotopic (exact) mass is 314 g/mol. The molecule has 0 saturated carbocycles. The molecule has 0 saturated heterocycles. The van der Waals surface area contributed by atoms with Crippen LogP contribution in [0.5, 0.6) is 0 Å². The summed E-state index contributed by atoms with van der Waals surface area (Å²) in [5, 5.41) is 4.34. The third kappa shape index (κ3) is 3.16. The number of hydrogen-bond donors (Lipinski definition) is 1. The molecule has 1 aromatic carbocycles. The van der Waals surface area contributed by atoms with Crippen molar-refractivity contribution >= 4 is 17.5 Å². The SMILES string of the molecule is CC(C)(C)OC(=O)N1CCC(n2cccn2)c2cc(N)ccc21. The lowest BCUT2D eigenvalue weighted by Gasteiger charge is -2.35. The molecule has 122 valence electrons. The van der Waals surface area contributed by atoms with Gasteiger partial charge in [-0.15, -0.1) is 0 Å². The summed E-state index contributed by atoms with van der Waals surface area (Å²) in [6, 6.07) is 7.57. The van der Waals surface area contributed by atoms with Gasteiger partial charge in [-0.05, 0) is 51.5 Å². The second kappa shape index (κ2) is 5.61. The highest BCUT2D eigenvalue weighted by Crippen LogP contribution is 2.37. The van der Waals surface area contributed by atoms with Crippen LogP contribution in [-0.2, 0) is 4.74 Å². The largest absolute Gasteiger partial charge is 0.443 e. The molecule has 3 rings (SSSR count). The Balaban J connectivity index is 1.97. The standard InChI is InChI=1S/C17H22N4O2/c1-17(2,3)23-16(22)20-10-7-15(21-9-4-8-19-21)13-11-12(18)5-6-14(13)20/h4-6,8-9,11,15H,7,10,18H2,1-3H3. The molecule has 0 bridgehead atoms. The smallest absolute Gasteiger partial charge is 0.414 e. The van der Waals surface area contributed by atoms with E-state index in [2.05, 4.69) is 5.10 Å². The maximum Gasteiger partial charge on any atom is 0.414 e. The lowest BCUT2D eigenvalue weighted by molar-refractivity contribution is 0.0575. The van der Waals surface area contributed by atoms with Crippen LogP contribution in [0.1, 0.15) is 38.8 Å². The summed E-state index contributed by atoms with van der Waals surface area (Å²) in [5.41, 5.74) is 7.93. The van der Waals surface area contributed by atoms with Crippen molar-refractivity contribution in [2.24, 2.45) is 0 Å². The van der Waals surface area contributed by atoms with Crippen molar-refractivity contribution in [3.63, 3.8) is 0 Å². The molecule has 1 aromatic heterocycles. The van der Waals surface area contributed by atoms with E-state index >= 15 is 0 Å². The minimum atomic E-state index is -0.524. The van der Waals surface area contributed by atoms with E-state index in [1.54, 1.807) is 11.1 Å². The molecule has 2 N–H and O–H groups in total. The molecule has 6 heteroatoms. The molecular formula is C17H22N4O2. The number of amides is 1. The molecular weight excluding hydrogens is 292 g/mol. The molecule has 1 aliphatic heterocycles. The van der Waals surface area contributed by atoms with E-state index < -0.39 is 5.60 Å². The summed E-state index contributed by atoms with van der Waals surface area (Å²) in [5.74, 6) is 0. The number of nitrogens with zero attached hydrogens (tertiary/aromatic N) is 3. The first-order chi connectivity index (χ1) is 10.8. The minimum Gasteiger partial charge on any atom is -0.443 e. The molecule has 1 atom stereocenters. The van der Waals surface area contributed by atoms with E-state index in [1.165, 1.54) is 0 Å². The zero-order chi connectivity index (χ0) is 16.6. The molecule has 1 unspecified atom stereocenters. The van der Waals surface area contributed by atoms with E-state index in [1.807, 2.05) is 55.9 Å². The van der Waals surface area contributed by atoms with Gasteiger partial charge >= 0.3 is 6.09 Å². The van der Waals surface area contributed by atoms with Crippen molar-refractivity contribution in [3.05, 3.63) is 42.2 Å². The Kier molecular flexibility index (Phi) is 3.75. The van der Waals surface area contributed by atoms with Crippen molar-refractivity contribution in [2.45, 2.75) is 38.8 Å². The van der Waals surface area contributed by atoms with E-state index in [9.17, 15) is 4.79 Å². The van der Waals surface area contributed by atoms with Crippen LogP contribution in [-0.4, -0.2) is 28.0 Å². The molecule has 0 spiro atoms. The van der Waals surface area contributed by atoms with Gasteiger partial charge in [0.25, 0.3) is 0 Å². The Labute approximate surface area is 135 Å². The fourth-order valence-corrected chi connectivity index (χ4v) is 2.86. The van der Waals surface area contributed by atoms with Gasteiger partial charge in [-0.25, -0.2) is 4.79 Å². The summed E-state index contributed by atoms with van der Waals surface area (Å²) in [6.07, 6.45) is 4.12. The first-order valence-corrected chi connectivity index (χ1v) is 7.74. The maximum atomic E-state index is 12.5. The van der Waals surface area contributed by atoms with Gasteiger partial charge in [0.2, 0.25) is 0 Å². The van der Waals surface area contributed by atoms with Gasteiger partial charge in [-0.1, -0.05) is 0 Å². The molecule has 2 heterocycles. The topological polar surface area (TPSA) is 73.4 Å². The maximum absolute atomic E-state index is 12.5. The molecule has 0 fully saturated rings. The third-order valence-electron chi connectivity index (χ3n) is 3.79. The highest BCUT2D eigenvalue weighted by Gasteiger charge is 2.32. The quantitative estimate of drug-likeness (QED) is 0.820. The van der Waals surface area contributed by atoms with Crippen LogP contribution < -0.4 is 10.6 Å². The predicted octanol–water partition coefficient (Wildman–Crippen LogP) is 3.20. The molecule has 2 aromatic rings. The zero-order valence-corrected chi connectivity index (χ0v) is 13.7. The molecule has 23 heavy (non-hydrogen) atoms. The van der Waals surface area contributed by atoms with Gasteiger partial charge in [-0.3, -0.25) is 9.58 Å². The van der Waals surface area contributed by atoms with Crippen molar-refractivity contribution in [3.8, 4) is 0 Å². The average molecular weight is 314 g/mol. The molecule has 0 radical (unpaired) electrons. The second-order valence-electron chi connectivity index (χ2n) is 6.74. The fourth-order valence-electron chi connectivity index (χ4n) is 2.86. The summed E-state index contributed by atoms with van der Waals surface area (Å²) in [4.78, 5) is 14.2. The third-order valence-corrected chi connectivity index (χ3v) is 3.79. The lowest BCUT2D eigenvalue weighted by atomic mass is 9.96. The van der Waals surface area contributed by atoms with Crippen molar-refractivity contribution in [1.82, 2.24) is 9.78 Å². The Morgan fingerprint density at radius 1 is 1.39 bits per heavy atom. The first-order valence-electron chi connectivity index (χ1n) is 7.74. The first kappa shape index (κ1) is 15.4. The van der Waals surface area contributed by atoms with E-state index in [4.69, 9.17) is 10.5 Å². The number of hydrogen-bond acceptors (Lipinski definition) is 4. The van der Waals surface area contributed by atoms with Gasteiger partial charge in [0.1, 0.15) is 5.60 Å². The van der Waals surface area contributed by atoms with Crippen molar-refractivity contribution < 1.29 is 9.53 Å². The van der Waals surface area contributed by atoms with Gasteiger partial charge in [0, 0.05) is 30.2 Å². The Hall–Kier alpha value is -2.50. The van der Waals surface area contributed by atoms with Gasteiger partial charge < -0.3 is 10.5 Å². The highest BCUT2D eigenvalue weighted by atomic mass is 16.6. The van der Waals surface area contributed by atoms with E-state index in [0.29, 0.717) is 12.2 Å². The molecule has 0 aliphatic carbocycles. The van der Waals surface area contributed by atoms with Crippen LogP contribution in [0.2, 0.25) is 0 Å². The number of ether oxygens (including phenoxy) is 1. The number of aromatic nitrogens is 2. The van der Waals surface area contributed by atoms with Crippen LogP contribution in [0.3, 0.4) is 0 Å². The van der Waals surface area contributed by atoms with E-state index in [0.717, 1.165) is 17.7 Å². The number of nitrogens with two attached hydrogens (primary N) is 1. The zero-order valence-electron chi connectivity index (χ0n) is 13.7. The van der Waals surface area contributed by atoms with Gasteiger partial charge in [0.15, 0.2) is 0 Å². The number of benzene rings is 1. The number of rotatable bonds is 1. The van der Waals surface area contributed by atoms with Crippen molar-refractivity contribution in [1.29, 1.82) is 0 Å². The summed E-state index contributed by atoms with van der Waals surface area (Å²) in [6.45, 7) is 6.18. The average Bonchev–Trinajstić information content (AvgIpc) is 2.98. The van der Waals surface area contributed by atoms with Crippen LogP contribution in [0.4, 0.5) is 16.2 Å². The Bertz CT molecular complexity index is 704. The predicted molar refractivity (Wildman–Crippen MR) is 89.4 cm³/mol. The molecule has 1 aliphatic rings. The number of carbonyl (C=O) groups excluding carboxylic acids is 1. The lowest BCUT2D eigenvalue weighted by Crippen LogP contribution is -2.41. The Morgan fingerprint density at radius 3 is 2.83 bits per heavy atom. The normalized spacial score (nSPS) is 17.7. The molecule has 6 nitrogen and oxygen atoms in total. The van der Waals surface area contributed by atoms with Gasteiger partial charge in [0.05, 0.1) is 11.7 Å². The fraction of sp³-hybridized carbons (Fsp3) is 0.412. The highest BCUT2D eigenvalue weighted by molar-refractivity contribution is 5.90.